The fraction of sp³-hybridized carbons (Fsp3) is 0.300. The van der Waals surface area contributed by atoms with Crippen molar-refractivity contribution in [3.8, 4) is 0 Å². The Hall–Kier alpha value is -1.31. The summed E-state index contributed by atoms with van der Waals surface area (Å²) < 4.78 is 0. The number of aromatic nitrogens is 1. The van der Waals surface area contributed by atoms with Crippen LogP contribution in [0.25, 0.3) is 5.57 Å². The molecule has 0 amide bonds. The van der Waals surface area contributed by atoms with Crippen molar-refractivity contribution in [2.75, 3.05) is 12.4 Å². The third-order valence-corrected chi connectivity index (χ3v) is 1.90. The molecule has 0 aliphatic rings. The van der Waals surface area contributed by atoms with Crippen LogP contribution in [0.4, 0.5) is 5.69 Å². The molecule has 1 heterocycles. The second-order valence-corrected chi connectivity index (χ2v) is 2.63. The summed E-state index contributed by atoms with van der Waals surface area (Å²) in [6.45, 7) is 6.06. The number of pyridine rings is 1. The maximum atomic E-state index is 4.06. The van der Waals surface area contributed by atoms with Crippen molar-refractivity contribution in [2.45, 2.75) is 13.3 Å². The zero-order valence-electron chi connectivity index (χ0n) is 7.59. The van der Waals surface area contributed by atoms with Crippen LogP contribution in [-0.4, -0.2) is 12.0 Å². The van der Waals surface area contributed by atoms with Gasteiger partial charge in [-0.05, 0) is 18.1 Å². The highest BCUT2D eigenvalue weighted by Crippen LogP contribution is 2.22. The number of rotatable bonds is 3. The number of nitrogens with zero attached hydrogens (tertiary/aromatic N) is 1. The molecule has 0 radical (unpaired) electrons. The van der Waals surface area contributed by atoms with E-state index in [1.54, 1.807) is 6.20 Å². The molecular formula is C10H14N2. The van der Waals surface area contributed by atoms with Gasteiger partial charge in [-0.3, -0.25) is 4.98 Å². The molecule has 0 unspecified atom stereocenters. The first-order valence-corrected chi connectivity index (χ1v) is 4.09. The molecule has 1 aromatic heterocycles. The average molecular weight is 162 g/mol. The van der Waals surface area contributed by atoms with Gasteiger partial charge in [-0.1, -0.05) is 13.5 Å². The lowest BCUT2D eigenvalue weighted by Crippen LogP contribution is -1.94. The smallest absolute Gasteiger partial charge is 0.0444 e. The van der Waals surface area contributed by atoms with Gasteiger partial charge in [0, 0.05) is 30.7 Å². The van der Waals surface area contributed by atoms with E-state index in [0.29, 0.717) is 0 Å². The van der Waals surface area contributed by atoms with Crippen LogP contribution in [0.1, 0.15) is 18.9 Å². The van der Waals surface area contributed by atoms with Crippen LogP contribution in [-0.2, 0) is 0 Å². The van der Waals surface area contributed by atoms with Crippen LogP contribution < -0.4 is 5.32 Å². The molecule has 0 aliphatic heterocycles. The predicted molar refractivity (Wildman–Crippen MR) is 53.1 cm³/mol. The third kappa shape index (κ3) is 1.64. The topological polar surface area (TPSA) is 24.9 Å². The quantitative estimate of drug-likeness (QED) is 0.738. The molecule has 2 nitrogen and oxygen atoms in total. The molecule has 0 saturated carbocycles. The summed E-state index contributed by atoms with van der Waals surface area (Å²) in [6.07, 6.45) is 4.58. The normalized spacial score (nSPS) is 9.50. The van der Waals surface area contributed by atoms with Gasteiger partial charge in [-0.25, -0.2) is 0 Å². The van der Waals surface area contributed by atoms with E-state index in [1.165, 1.54) is 0 Å². The van der Waals surface area contributed by atoms with Crippen molar-refractivity contribution in [2.24, 2.45) is 0 Å². The van der Waals surface area contributed by atoms with Crippen LogP contribution in [0.2, 0.25) is 0 Å². The third-order valence-electron chi connectivity index (χ3n) is 1.90. The Labute approximate surface area is 73.3 Å². The lowest BCUT2D eigenvalue weighted by atomic mass is 10.1. The van der Waals surface area contributed by atoms with E-state index in [9.17, 15) is 0 Å². The molecule has 2 heteroatoms. The first-order chi connectivity index (χ1) is 5.79. The predicted octanol–water partition coefficient (Wildman–Crippen LogP) is 2.55. The van der Waals surface area contributed by atoms with Crippen molar-refractivity contribution in [1.82, 2.24) is 4.98 Å². The van der Waals surface area contributed by atoms with Gasteiger partial charge in [0.05, 0.1) is 0 Å². The van der Waals surface area contributed by atoms with Crippen molar-refractivity contribution in [3.63, 3.8) is 0 Å². The highest BCUT2D eigenvalue weighted by atomic mass is 14.8. The van der Waals surface area contributed by atoms with Crippen molar-refractivity contribution >= 4 is 11.3 Å². The Morgan fingerprint density at radius 3 is 3.00 bits per heavy atom. The first-order valence-electron chi connectivity index (χ1n) is 4.09. The first kappa shape index (κ1) is 8.78. The number of anilines is 1. The summed E-state index contributed by atoms with van der Waals surface area (Å²) in [5.41, 5.74) is 3.33. The minimum Gasteiger partial charge on any atom is -0.388 e. The van der Waals surface area contributed by atoms with Crippen LogP contribution >= 0.6 is 0 Å². The van der Waals surface area contributed by atoms with Gasteiger partial charge >= 0.3 is 0 Å². The van der Waals surface area contributed by atoms with E-state index in [2.05, 4.69) is 23.8 Å². The lowest BCUT2D eigenvalue weighted by molar-refractivity contribution is 1.21. The number of nitrogens with one attached hydrogen (secondary N) is 1. The average Bonchev–Trinajstić information content (AvgIpc) is 2.16. The van der Waals surface area contributed by atoms with E-state index in [1.807, 2.05) is 19.3 Å². The van der Waals surface area contributed by atoms with Crippen LogP contribution in [0.15, 0.2) is 25.0 Å². The Morgan fingerprint density at radius 1 is 1.67 bits per heavy atom. The van der Waals surface area contributed by atoms with Gasteiger partial charge in [-0.15, -0.1) is 0 Å². The summed E-state index contributed by atoms with van der Waals surface area (Å²) in [6, 6.07) is 1.95. The molecule has 12 heavy (non-hydrogen) atoms. The van der Waals surface area contributed by atoms with Crippen molar-refractivity contribution in [1.29, 1.82) is 0 Å². The Kier molecular flexibility index (Phi) is 2.86. The standard InChI is InChI=1S/C10H14N2/c1-4-8(2)9-7-12-6-5-10(9)11-3/h5-7H,2,4H2,1,3H3,(H,11,12). The van der Waals surface area contributed by atoms with Gasteiger partial charge in [0.15, 0.2) is 0 Å². The summed E-state index contributed by atoms with van der Waals surface area (Å²) in [5, 5.41) is 3.11. The van der Waals surface area contributed by atoms with E-state index in [-0.39, 0.29) is 0 Å². The minimum atomic E-state index is 0.959. The van der Waals surface area contributed by atoms with Crippen molar-refractivity contribution in [3.05, 3.63) is 30.6 Å². The van der Waals surface area contributed by atoms with Gasteiger partial charge in [-0.2, -0.15) is 0 Å². The number of hydrogen-bond acceptors (Lipinski definition) is 2. The zero-order valence-corrected chi connectivity index (χ0v) is 7.59. The fourth-order valence-electron chi connectivity index (χ4n) is 1.08. The van der Waals surface area contributed by atoms with Crippen LogP contribution in [0.5, 0.6) is 0 Å². The molecule has 0 saturated heterocycles. The van der Waals surface area contributed by atoms with E-state index >= 15 is 0 Å². The molecule has 1 rings (SSSR count). The summed E-state index contributed by atoms with van der Waals surface area (Å²) in [4.78, 5) is 4.06. The molecule has 0 fully saturated rings. The number of allylic oxidation sites excluding steroid dienone is 1. The van der Waals surface area contributed by atoms with Crippen LogP contribution in [0, 0.1) is 0 Å². The lowest BCUT2D eigenvalue weighted by Gasteiger charge is -2.08. The van der Waals surface area contributed by atoms with Crippen LogP contribution in [0.3, 0.4) is 0 Å². The summed E-state index contributed by atoms with van der Waals surface area (Å²) in [7, 11) is 1.90. The van der Waals surface area contributed by atoms with Gasteiger partial charge in [0.25, 0.3) is 0 Å². The van der Waals surface area contributed by atoms with Gasteiger partial charge in [0.1, 0.15) is 0 Å². The molecule has 0 spiro atoms. The highest BCUT2D eigenvalue weighted by Gasteiger charge is 2.01. The largest absolute Gasteiger partial charge is 0.388 e. The zero-order chi connectivity index (χ0) is 8.97. The Bertz CT molecular complexity index is 279. The summed E-state index contributed by atoms with van der Waals surface area (Å²) >= 11 is 0. The molecular weight excluding hydrogens is 148 g/mol. The second-order valence-electron chi connectivity index (χ2n) is 2.63. The molecule has 0 bridgehead atoms. The maximum Gasteiger partial charge on any atom is 0.0444 e. The summed E-state index contributed by atoms with van der Waals surface area (Å²) in [5.74, 6) is 0. The fourth-order valence-corrected chi connectivity index (χ4v) is 1.08. The van der Waals surface area contributed by atoms with Gasteiger partial charge in [0.2, 0.25) is 0 Å². The molecule has 1 aromatic rings. The molecule has 0 aromatic carbocycles. The molecule has 0 atom stereocenters. The van der Waals surface area contributed by atoms with E-state index < -0.39 is 0 Å². The van der Waals surface area contributed by atoms with E-state index in [0.717, 1.165) is 23.2 Å². The molecule has 1 N–H and O–H groups in total. The SMILES string of the molecule is C=C(CC)c1cnccc1NC. The second kappa shape index (κ2) is 3.90. The van der Waals surface area contributed by atoms with E-state index in [4.69, 9.17) is 0 Å². The molecule has 0 aliphatic carbocycles. The highest BCUT2D eigenvalue weighted by molar-refractivity contribution is 5.73. The molecule has 64 valence electrons. The monoisotopic (exact) mass is 162 g/mol. The van der Waals surface area contributed by atoms with Crippen molar-refractivity contribution < 1.29 is 0 Å². The Balaban J connectivity index is 3.04. The van der Waals surface area contributed by atoms with Gasteiger partial charge < -0.3 is 5.32 Å². The maximum absolute atomic E-state index is 4.06. The Morgan fingerprint density at radius 2 is 2.42 bits per heavy atom. The minimum absolute atomic E-state index is 0.959. The number of hydrogen-bond donors (Lipinski definition) is 1.